The summed E-state index contributed by atoms with van der Waals surface area (Å²) in [5.41, 5.74) is 0. The Balaban J connectivity index is 2.29. The van der Waals surface area contributed by atoms with E-state index in [0.29, 0.717) is 21.5 Å². The summed E-state index contributed by atoms with van der Waals surface area (Å²) in [6.45, 7) is 0. The van der Waals surface area contributed by atoms with Gasteiger partial charge < -0.3 is 4.74 Å². The van der Waals surface area contributed by atoms with Crippen LogP contribution in [0.5, 0.6) is 11.5 Å². The number of benzene rings is 1. The Hall–Kier alpha value is -1.25. The Bertz CT molecular complexity index is 459. The van der Waals surface area contributed by atoms with Crippen molar-refractivity contribution in [1.29, 1.82) is 0 Å². The number of rotatable bonds is 2. The van der Waals surface area contributed by atoms with Gasteiger partial charge in [-0.3, -0.25) is 4.98 Å². The van der Waals surface area contributed by atoms with E-state index in [2.05, 4.69) is 11.1 Å². The van der Waals surface area contributed by atoms with Gasteiger partial charge in [0.15, 0.2) is 5.75 Å². The van der Waals surface area contributed by atoms with Crippen LogP contribution >= 0.6 is 23.2 Å². The van der Waals surface area contributed by atoms with Crippen LogP contribution in [-0.4, -0.2) is 4.98 Å². The topological polar surface area (TPSA) is 22.1 Å². The third-order valence-corrected chi connectivity index (χ3v) is 2.49. The van der Waals surface area contributed by atoms with E-state index in [0.717, 1.165) is 0 Å². The van der Waals surface area contributed by atoms with Gasteiger partial charge in [-0.15, -0.1) is 0 Å². The monoisotopic (exact) mass is 238 g/mol. The maximum Gasteiger partial charge on any atom is 0.155 e. The fraction of sp³-hybridized carbons (Fsp3) is 0. The lowest BCUT2D eigenvalue weighted by atomic mass is 10.3. The molecule has 0 unspecified atom stereocenters. The first-order valence-corrected chi connectivity index (χ1v) is 4.96. The zero-order chi connectivity index (χ0) is 10.7. The first-order valence-electron chi connectivity index (χ1n) is 4.21. The Kier molecular flexibility index (Phi) is 3.09. The van der Waals surface area contributed by atoms with E-state index in [4.69, 9.17) is 27.9 Å². The normalized spacial score (nSPS) is 10.0. The van der Waals surface area contributed by atoms with Gasteiger partial charge in [0.05, 0.1) is 11.2 Å². The van der Waals surface area contributed by atoms with Crippen LogP contribution in [0.3, 0.4) is 0 Å². The molecular formula is C11H6Cl2NO. The standard InChI is InChI=1S/C11H6Cl2NO/c12-9-4-1-5-10(11(9)13)15-8-3-2-6-14-7-8/h1-4,6-7H. The van der Waals surface area contributed by atoms with Crippen LogP contribution in [0.1, 0.15) is 0 Å². The molecule has 15 heavy (non-hydrogen) atoms. The van der Waals surface area contributed by atoms with E-state index in [1.807, 2.05) is 0 Å². The smallest absolute Gasteiger partial charge is 0.155 e. The third-order valence-electron chi connectivity index (χ3n) is 1.71. The van der Waals surface area contributed by atoms with Crippen molar-refractivity contribution in [3.8, 4) is 11.5 Å². The highest BCUT2D eigenvalue weighted by atomic mass is 35.5. The van der Waals surface area contributed by atoms with Crippen molar-refractivity contribution in [2.45, 2.75) is 0 Å². The minimum atomic E-state index is 0.350. The van der Waals surface area contributed by atoms with Gasteiger partial charge in [0.25, 0.3) is 0 Å². The third kappa shape index (κ3) is 2.41. The molecule has 2 aromatic rings. The van der Waals surface area contributed by atoms with Crippen molar-refractivity contribution < 1.29 is 4.74 Å². The number of pyridine rings is 1. The van der Waals surface area contributed by atoms with E-state index in [-0.39, 0.29) is 0 Å². The number of ether oxygens (including phenoxy) is 1. The molecule has 0 aliphatic rings. The van der Waals surface area contributed by atoms with Crippen LogP contribution in [-0.2, 0) is 0 Å². The molecule has 0 fully saturated rings. The second-order valence-electron chi connectivity index (χ2n) is 2.76. The molecule has 0 atom stereocenters. The number of halogens is 2. The number of hydrogen-bond donors (Lipinski definition) is 0. The van der Waals surface area contributed by atoms with Crippen molar-refractivity contribution in [2.75, 3.05) is 0 Å². The number of nitrogens with zero attached hydrogens (tertiary/aromatic N) is 1. The lowest BCUT2D eigenvalue weighted by molar-refractivity contribution is 0.479. The quantitative estimate of drug-likeness (QED) is 0.790. The molecule has 0 bridgehead atoms. The summed E-state index contributed by atoms with van der Waals surface area (Å²) in [6.07, 6.45) is 3.25. The molecule has 0 aliphatic heterocycles. The molecule has 1 radical (unpaired) electrons. The van der Waals surface area contributed by atoms with Gasteiger partial charge in [-0.05, 0) is 24.3 Å². The van der Waals surface area contributed by atoms with Crippen LogP contribution in [0, 0.1) is 6.07 Å². The Morgan fingerprint density at radius 3 is 2.87 bits per heavy atom. The number of hydrogen-bond acceptors (Lipinski definition) is 2. The van der Waals surface area contributed by atoms with E-state index in [9.17, 15) is 0 Å². The van der Waals surface area contributed by atoms with Gasteiger partial charge in [0.2, 0.25) is 0 Å². The fourth-order valence-electron chi connectivity index (χ4n) is 1.04. The predicted molar refractivity (Wildman–Crippen MR) is 59.6 cm³/mol. The summed E-state index contributed by atoms with van der Waals surface area (Å²) >= 11 is 11.8. The first kappa shape index (κ1) is 10.3. The van der Waals surface area contributed by atoms with Gasteiger partial charge >= 0.3 is 0 Å². The van der Waals surface area contributed by atoms with Gasteiger partial charge in [0.1, 0.15) is 10.8 Å². The van der Waals surface area contributed by atoms with Gasteiger partial charge in [-0.1, -0.05) is 23.2 Å². The average Bonchev–Trinajstić information content (AvgIpc) is 2.26. The van der Waals surface area contributed by atoms with Crippen LogP contribution in [0.15, 0.2) is 36.7 Å². The molecule has 0 N–H and O–H groups in total. The molecular weight excluding hydrogens is 233 g/mol. The van der Waals surface area contributed by atoms with Crippen molar-refractivity contribution >= 4 is 23.2 Å². The minimum Gasteiger partial charge on any atom is -0.453 e. The summed E-state index contributed by atoms with van der Waals surface area (Å²) in [5.74, 6) is 0.995. The van der Waals surface area contributed by atoms with Crippen LogP contribution in [0.4, 0.5) is 0 Å². The molecule has 0 saturated heterocycles. The van der Waals surface area contributed by atoms with Gasteiger partial charge in [-0.25, -0.2) is 0 Å². The lowest BCUT2D eigenvalue weighted by Crippen LogP contribution is -1.86. The van der Waals surface area contributed by atoms with Gasteiger partial charge in [0, 0.05) is 12.3 Å². The zero-order valence-corrected chi connectivity index (χ0v) is 9.09. The Labute approximate surface area is 97.4 Å². The molecule has 0 spiro atoms. The van der Waals surface area contributed by atoms with Crippen molar-refractivity contribution in [3.05, 3.63) is 52.8 Å². The average molecular weight is 239 g/mol. The minimum absolute atomic E-state index is 0.350. The molecule has 75 valence electrons. The molecule has 2 nitrogen and oxygen atoms in total. The molecule has 4 heteroatoms. The predicted octanol–water partition coefficient (Wildman–Crippen LogP) is 3.98. The highest BCUT2D eigenvalue weighted by Gasteiger charge is 2.06. The highest BCUT2D eigenvalue weighted by molar-refractivity contribution is 6.42. The van der Waals surface area contributed by atoms with Crippen LogP contribution < -0.4 is 4.74 Å². The molecule has 2 rings (SSSR count). The maximum atomic E-state index is 5.93. The summed E-state index contributed by atoms with van der Waals surface area (Å²) in [6, 6.07) is 9.71. The largest absolute Gasteiger partial charge is 0.453 e. The van der Waals surface area contributed by atoms with Crippen molar-refractivity contribution in [2.24, 2.45) is 0 Å². The molecule has 1 aromatic carbocycles. The summed E-state index contributed by atoms with van der Waals surface area (Å²) < 4.78 is 5.46. The highest BCUT2D eigenvalue weighted by Crippen LogP contribution is 2.33. The van der Waals surface area contributed by atoms with Crippen molar-refractivity contribution in [1.82, 2.24) is 4.98 Å². The summed E-state index contributed by atoms with van der Waals surface area (Å²) in [5, 5.41) is 0.789. The zero-order valence-electron chi connectivity index (χ0n) is 7.58. The molecule has 0 saturated carbocycles. The Morgan fingerprint density at radius 2 is 2.13 bits per heavy atom. The molecule has 1 heterocycles. The van der Waals surface area contributed by atoms with E-state index in [1.54, 1.807) is 36.7 Å². The maximum absolute atomic E-state index is 5.93. The molecule has 1 aromatic heterocycles. The van der Waals surface area contributed by atoms with Gasteiger partial charge in [-0.2, -0.15) is 0 Å². The summed E-state index contributed by atoms with van der Waals surface area (Å²) in [7, 11) is 0. The summed E-state index contributed by atoms with van der Waals surface area (Å²) in [4.78, 5) is 3.92. The van der Waals surface area contributed by atoms with Crippen LogP contribution in [0.25, 0.3) is 0 Å². The van der Waals surface area contributed by atoms with E-state index < -0.39 is 0 Å². The lowest BCUT2D eigenvalue weighted by Gasteiger charge is -2.06. The van der Waals surface area contributed by atoms with E-state index >= 15 is 0 Å². The van der Waals surface area contributed by atoms with E-state index in [1.165, 1.54) is 0 Å². The van der Waals surface area contributed by atoms with Crippen molar-refractivity contribution in [3.63, 3.8) is 0 Å². The van der Waals surface area contributed by atoms with Crippen LogP contribution in [0.2, 0.25) is 10.0 Å². The second-order valence-corrected chi connectivity index (χ2v) is 3.54. The first-order chi connectivity index (χ1) is 7.27. The number of aromatic nitrogens is 1. The molecule has 0 amide bonds. The second kappa shape index (κ2) is 4.51. The Morgan fingerprint density at radius 1 is 1.27 bits per heavy atom. The SMILES string of the molecule is Clc1cc[c]c(Oc2cccnc2)c1Cl. The fourth-order valence-corrected chi connectivity index (χ4v) is 1.34. The molecule has 0 aliphatic carbocycles.